The molecule has 0 radical (unpaired) electrons. The van der Waals surface area contributed by atoms with E-state index in [4.69, 9.17) is 9.47 Å². The second-order valence-corrected chi connectivity index (χ2v) is 8.67. The first-order chi connectivity index (χ1) is 14.8. The Bertz CT molecular complexity index is 576. The molecule has 6 nitrogen and oxygen atoms in total. The molecule has 1 heterocycles. The van der Waals surface area contributed by atoms with Crippen LogP contribution in [0.15, 0.2) is 12.2 Å². The molecule has 31 heavy (non-hydrogen) atoms. The number of aliphatic hydroxyl groups excluding tert-OH is 2. The number of hydrogen-bond acceptors (Lipinski definition) is 6. The summed E-state index contributed by atoms with van der Waals surface area (Å²) in [5.74, 6) is -5.81. The van der Waals surface area contributed by atoms with Gasteiger partial charge in [-0.15, -0.1) is 0 Å². The first-order valence-corrected chi connectivity index (χ1v) is 11.5. The number of hydrogen-bond donors (Lipinski definition) is 2. The molecular weight excluding hydrogens is 410 g/mol. The summed E-state index contributed by atoms with van der Waals surface area (Å²) in [7, 11) is 1.36. The van der Waals surface area contributed by atoms with Crippen LogP contribution in [0.4, 0.5) is 8.78 Å². The summed E-state index contributed by atoms with van der Waals surface area (Å²) in [6.45, 7) is 2.13. The molecule has 0 bridgehead atoms. The fourth-order valence-corrected chi connectivity index (χ4v) is 4.68. The summed E-state index contributed by atoms with van der Waals surface area (Å²) in [6, 6.07) is 0. The van der Waals surface area contributed by atoms with Crippen LogP contribution in [0.3, 0.4) is 0 Å². The van der Waals surface area contributed by atoms with Crippen molar-refractivity contribution < 1.29 is 38.0 Å². The Hall–Kier alpha value is -1.09. The van der Waals surface area contributed by atoms with E-state index in [9.17, 15) is 23.8 Å². The number of halogens is 2. The molecule has 0 aromatic carbocycles. The van der Waals surface area contributed by atoms with E-state index in [-0.39, 0.29) is 50.3 Å². The van der Waals surface area contributed by atoms with Crippen LogP contribution in [0.2, 0.25) is 0 Å². The van der Waals surface area contributed by atoms with Crippen molar-refractivity contribution in [3.05, 3.63) is 12.2 Å². The molecule has 1 saturated heterocycles. The van der Waals surface area contributed by atoms with Gasteiger partial charge in [-0.1, -0.05) is 25.5 Å². The number of aliphatic hydroxyl groups is 2. The normalized spacial score (nSPS) is 28.5. The van der Waals surface area contributed by atoms with Crippen molar-refractivity contribution >= 4 is 5.97 Å². The second-order valence-electron chi connectivity index (χ2n) is 8.67. The van der Waals surface area contributed by atoms with Gasteiger partial charge in [0.25, 0.3) is 0 Å². The number of ether oxygens (including phenoxy) is 3. The molecule has 1 aliphatic heterocycles. The minimum atomic E-state index is -3.10. The number of esters is 1. The lowest BCUT2D eigenvalue weighted by molar-refractivity contribution is -0.297. The molecule has 2 aliphatic rings. The maximum Gasteiger partial charge on any atom is 0.305 e. The summed E-state index contributed by atoms with van der Waals surface area (Å²) in [5.41, 5.74) is 0. The van der Waals surface area contributed by atoms with E-state index in [1.807, 2.05) is 19.1 Å². The number of unbranched alkanes of at least 4 members (excludes halogenated alkanes) is 2. The van der Waals surface area contributed by atoms with Crippen molar-refractivity contribution in [2.45, 2.75) is 95.0 Å². The quantitative estimate of drug-likeness (QED) is 0.252. The topological polar surface area (TPSA) is 85.2 Å². The minimum absolute atomic E-state index is 0.0164. The van der Waals surface area contributed by atoms with Gasteiger partial charge in [-0.2, -0.15) is 0 Å². The highest BCUT2D eigenvalue weighted by Crippen LogP contribution is 2.46. The lowest BCUT2D eigenvalue weighted by Gasteiger charge is -2.36. The average Bonchev–Trinajstić information content (AvgIpc) is 3.33. The predicted octanol–water partition coefficient (Wildman–Crippen LogP) is 3.98. The molecule has 180 valence electrons. The summed E-state index contributed by atoms with van der Waals surface area (Å²) >= 11 is 0. The smallest absolute Gasteiger partial charge is 0.305 e. The third-order valence-corrected chi connectivity index (χ3v) is 6.54. The fraction of sp³-hybridized carbons (Fsp3) is 0.870. The lowest BCUT2D eigenvalue weighted by atomic mass is 9.84. The molecule has 0 aromatic rings. The van der Waals surface area contributed by atoms with Crippen LogP contribution in [-0.2, 0) is 19.0 Å². The molecule has 0 unspecified atom stereocenters. The lowest BCUT2D eigenvalue weighted by Crippen LogP contribution is -2.49. The summed E-state index contributed by atoms with van der Waals surface area (Å²) in [5, 5.41) is 20.9. The van der Waals surface area contributed by atoms with Gasteiger partial charge < -0.3 is 24.4 Å². The van der Waals surface area contributed by atoms with Gasteiger partial charge in [-0.25, -0.2) is 8.78 Å². The summed E-state index contributed by atoms with van der Waals surface area (Å²) in [4.78, 5) is 11.1. The fourth-order valence-electron chi connectivity index (χ4n) is 4.68. The maximum absolute atomic E-state index is 14.9. The van der Waals surface area contributed by atoms with Crippen molar-refractivity contribution in [1.82, 2.24) is 0 Å². The van der Waals surface area contributed by atoms with E-state index in [2.05, 4.69) is 4.74 Å². The first-order valence-electron chi connectivity index (χ1n) is 11.5. The van der Waals surface area contributed by atoms with Gasteiger partial charge in [0.15, 0.2) is 0 Å². The number of alkyl halides is 2. The van der Waals surface area contributed by atoms with Crippen LogP contribution in [0, 0.1) is 11.8 Å². The maximum atomic E-state index is 14.9. The second kappa shape index (κ2) is 12.2. The van der Waals surface area contributed by atoms with Crippen molar-refractivity contribution in [2.24, 2.45) is 11.8 Å². The number of carbonyl (C=O) groups excluding carboxylic acids is 1. The molecular formula is C23H38F2O6. The molecule has 2 fully saturated rings. The number of carbonyl (C=O) groups is 1. The summed E-state index contributed by atoms with van der Waals surface area (Å²) in [6.07, 6.45) is 6.00. The molecule has 0 amide bonds. The third-order valence-electron chi connectivity index (χ3n) is 6.54. The Balaban J connectivity index is 1.93. The van der Waals surface area contributed by atoms with Gasteiger partial charge in [0, 0.05) is 19.3 Å². The van der Waals surface area contributed by atoms with E-state index in [1.54, 1.807) is 0 Å². The molecule has 1 aliphatic carbocycles. The van der Waals surface area contributed by atoms with E-state index in [1.165, 1.54) is 7.11 Å². The van der Waals surface area contributed by atoms with Crippen molar-refractivity contribution in [3.63, 3.8) is 0 Å². The molecule has 2 N–H and O–H groups in total. The average molecular weight is 449 g/mol. The monoisotopic (exact) mass is 448 g/mol. The van der Waals surface area contributed by atoms with Crippen molar-refractivity contribution in [3.8, 4) is 0 Å². The molecule has 0 aromatic heterocycles. The number of methoxy groups -OCH3 is 1. The van der Waals surface area contributed by atoms with E-state index in [0.29, 0.717) is 44.9 Å². The zero-order valence-corrected chi connectivity index (χ0v) is 18.7. The first kappa shape index (κ1) is 26.2. The predicted molar refractivity (Wildman–Crippen MR) is 112 cm³/mol. The Morgan fingerprint density at radius 3 is 2.48 bits per heavy atom. The molecule has 0 spiro atoms. The highest BCUT2D eigenvalue weighted by Gasteiger charge is 2.58. The minimum Gasteiger partial charge on any atom is -0.469 e. The van der Waals surface area contributed by atoms with Gasteiger partial charge in [0.2, 0.25) is 5.79 Å². The third kappa shape index (κ3) is 6.94. The van der Waals surface area contributed by atoms with Crippen LogP contribution in [0.1, 0.15) is 71.1 Å². The van der Waals surface area contributed by atoms with Gasteiger partial charge in [-0.3, -0.25) is 4.79 Å². The van der Waals surface area contributed by atoms with Gasteiger partial charge in [0.05, 0.1) is 32.5 Å². The summed E-state index contributed by atoms with van der Waals surface area (Å²) < 4.78 is 45.3. The van der Waals surface area contributed by atoms with E-state index in [0.717, 1.165) is 0 Å². The van der Waals surface area contributed by atoms with Gasteiger partial charge in [0.1, 0.15) is 0 Å². The standard InChI is InChI=1S/C23H38F2O6/c1-3-4-12-22(24,25)23(30-14-15-31-23)13-11-18-17(19(26)16-20(18)27)9-7-5-6-8-10-21(28)29-2/h5,7,17-20,26-27H,3-4,6,8-16H2,1-2H3/b7-5-/t17-,18-,19+,20-/m1/s1. The highest BCUT2D eigenvalue weighted by atomic mass is 19.3. The van der Waals surface area contributed by atoms with Crippen LogP contribution in [-0.4, -0.2) is 60.4 Å². The van der Waals surface area contributed by atoms with Crippen LogP contribution >= 0.6 is 0 Å². The molecule has 2 rings (SSSR count). The molecule has 4 atom stereocenters. The van der Waals surface area contributed by atoms with E-state index >= 15 is 0 Å². The Morgan fingerprint density at radius 1 is 1.16 bits per heavy atom. The number of allylic oxidation sites excluding steroid dienone is 2. The van der Waals surface area contributed by atoms with Crippen LogP contribution < -0.4 is 0 Å². The van der Waals surface area contributed by atoms with E-state index < -0.39 is 23.9 Å². The Labute approximate surface area is 183 Å². The van der Waals surface area contributed by atoms with Crippen LogP contribution in [0.5, 0.6) is 0 Å². The molecule has 8 heteroatoms. The largest absolute Gasteiger partial charge is 0.469 e. The number of rotatable bonds is 13. The van der Waals surface area contributed by atoms with Crippen LogP contribution in [0.25, 0.3) is 0 Å². The molecule has 1 saturated carbocycles. The van der Waals surface area contributed by atoms with Gasteiger partial charge >= 0.3 is 11.9 Å². The SMILES string of the molecule is CCCCC(F)(F)C1(CC[C@@H]2[C@@H](C/C=C\CCCC(=O)OC)[C@@H](O)C[C@H]2O)OCCO1. The van der Waals surface area contributed by atoms with Gasteiger partial charge in [-0.05, 0) is 50.4 Å². The Morgan fingerprint density at radius 2 is 1.84 bits per heavy atom. The zero-order chi connectivity index (χ0) is 22.9. The Kier molecular flexibility index (Phi) is 10.3. The van der Waals surface area contributed by atoms with Crippen molar-refractivity contribution in [1.29, 1.82) is 0 Å². The highest BCUT2D eigenvalue weighted by molar-refractivity contribution is 5.69. The zero-order valence-electron chi connectivity index (χ0n) is 18.7. The van der Waals surface area contributed by atoms with Crippen molar-refractivity contribution in [2.75, 3.05) is 20.3 Å².